The first kappa shape index (κ1) is 16.8. The number of anilines is 2. The molecule has 5 rings (SSSR count). The van der Waals surface area contributed by atoms with Crippen LogP contribution in [0.4, 0.5) is 11.5 Å². The Balaban J connectivity index is 1.39. The molecule has 1 aromatic carbocycles. The van der Waals surface area contributed by atoms with Crippen LogP contribution >= 0.6 is 0 Å². The van der Waals surface area contributed by atoms with Crippen molar-refractivity contribution in [2.24, 2.45) is 0 Å². The van der Waals surface area contributed by atoms with Crippen molar-refractivity contribution >= 4 is 22.4 Å². The van der Waals surface area contributed by atoms with Gasteiger partial charge in [-0.1, -0.05) is 18.2 Å². The van der Waals surface area contributed by atoms with Crippen LogP contribution < -0.4 is 5.32 Å². The Kier molecular flexibility index (Phi) is 4.18. The summed E-state index contributed by atoms with van der Waals surface area (Å²) in [5.74, 6) is 0.857. The lowest BCUT2D eigenvalue weighted by atomic mass is 10.1. The average molecular weight is 368 g/mol. The summed E-state index contributed by atoms with van der Waals surface area (Å²) in [6.07, 6.45) is 7.25. The third kappa shape index (κ3) is 3.18. The SMILES string of the molecule is Cc1cnccc1CN1Cc2ncnc(Nc3cnc4ccccc4c3)c2C1. The second-order valence-electron chi connectivity index (χ2n) is 7.14. The summed E-state index contributed by atoms with van der Waals surface area (Å²) in [6, 6.07) is 12.3. The molecule has 0 aliphatic carbocycles. The Hall–Kier alpha value is -3.38. The summed E-state index contributed by atoms with van der Waals surface area (Å²) in [4.78, 5) is 20.1. The molecule has 0 unspecified atom stereocenters. The van der Waals surface area contributed by atoms with Gasteiger partial charge in [0.2, 0.25) is 0 Å². The van der Waals surface area contributed by atoms with Gasteiger partial charge in [0.05, 0.1) is 23.1 Å². The van der Waals surface area contributed by atoms with Crippen molar-refractivity contribution in [3.63, 3.8) is 0 Å². The molecular weight excluding hydrogens is 348 g/mol. The molecule has 0 saturated heterocycles. The van der Waals surface area contributed by atoms with Gasteiger partial charge in [-0.25, -0.2) is 9.97 Å². The van der Waals surface area contributed by atoms with Gasteiger partial charge in [-0.05, 0) is 36.2 Å². The fraction of sp³-hybridized carbons (Fsp3) is 0.182. The van der Waals surface area contributed by atoms with Crippen molar-refractivity contribution < 1.29 is 0 Å². The van der Waals surface area contributed by atoms with E-state index in [2.05, 4.69) is 55.3 Å². The molecular formula is C22H20N6. The second kappa shape index (κ2) is 6.98. The summed E-state index contributed by atoms with van der Waals surface area (Å²) in [7, 11) is 0. The van der Waals surface area contributed by atoms with E-state index in [1.165, 1.54) is 11.1 Å². The van der Waals surface area contributed by atoms with Crippen molar-refractivity contribution in [3.8, 4) is 0 Å². The lowest BCUT2D eigenvalue weighted by Crippen LogP contribution is -2.16. The standard InChI is InChI=1S/C22H20N6/c1-15-9-23-7-6-17(15)11-28-12-19-21(13-28)25-14-26-22(19)27-18-8-16-4-2-3-5-20(16)24-10-18/h2-10,14H,11-13H2,1H3,(H,25,26,27). The molecule has 0 spiro atoms. The highest BCUT2D eigenvalue weighted by Gasteiger charge is 2.24. The van der Waals surface area contributed by atoms with Gasteiger partial charge in [-0.3, -0.25) is 14.9 Å². The van der Waals surface area contributed by atoms with Crippen LogP contribution in [-0.4, -0.2) is 24.8 Å². The van der Waals surface area contributed by atoms with Gasteiger partial charge in [-0.2, -0.15) is 0 Å². The van der Waals surface area contributed by atoms with Crippen molar-refractivity contribution in [2.75, 3.05) is 5.32 Å². The van der Waals surface area contributed by atoms with Crippen molar-refractivity contribution in [3.05, 3.63) is 83.7 Å². The van der Waals surface area contributed by atoms with Gasteiger partial charge < -0.3 is 5.32 Å². The average Bonchev–Trinajstić information content (AvgIpc) is 3.13. The molecule has 138 valence electrons. The van der Waals surface area contributed by atoms with E-state index in [0.29, 0.717) is 0 Å². The van der Waals surface area contributed by atoms with Crippen LogP contribution in [0.2, 0.25) is 0 Å². The van der Waals surface area contributed by atoms with Crippen LogP contribution in [0, 0.1) is 6.92 Å². The van der Waals surface area contributed by atoms with Gasteiger partial charge in [-0.15, -0.1) is 0 Å². The van der Waals surface area contributed by atoms with Gasteiger partial charge in [0.1, 0.15) is 12.1 Å². The number of aryl methyl sites for hydroxylation is 1. The Morgan fingerprint density at radius 1 is 1.04 bits per heavy atom. The minimum absolute atomic E-state index is 0.821. The number of nitrogens with one attached hydrogen (secondary N) is 1. The Morgan fingerprint density at radius 3 is 2.89 bits per heavy atom. The monoisotopic (exact) mass is 368 g/mol. The molecule has 6 heteroatoms. The quantitative estimate of drug-likeness (QED) is 0.588. The van der Waals surface area contributed by atoms with Gasteiger partial charge in [0.15, 0.2) is 0 Å². The minimum Gasteiger partial charge on any atom is -0.339 e. The molecule has 0 fully saturated rings. The van der Waals surface area contributed by atoms with Gasteiger partial charge >= 0.3 is 0 Å². The number of benzene rings is 1. The molecule has 0 amide bonds. The van der Waals surface area contributed by atoms with Crippen molar-refractivity contribution in [2.45, 2.75) is 26.6 Å². The predicted molar refractivity (Wildman–Crippen MR) is 109 cm³/mol. The Labute approximate surface area is 163 Å². The first-order valence-corrected chi connectivity index (χ1v) is 9.33. The predicted octanol–water partition coefficient (Wildman–Crippen LogP) is 3.99. The highest BCUT2D eigenvalue weighted by Crippen LogP contribution is 2.30. The topological polar surface area (TPSA) is 66.8 Å². The smallest absolute Gasteiger partial charge is 0.138 e. The van der Waals surface area contributed by atoms with E-state index in [1.54, 1.807) is 6.33 Å². The van der Waals surface area contributed by atoms with E-state index in [1.807, 2.05) is 36.8 Å². The zero-order valence-electron chi connectivity index (χ0n) is 15.6. The fourth-order valence-electron chi connectivity index (χ4n) is 3.66. The molecule has 0 atom stereocenters. The van der Waals surface area contributed by atoms with Crippen LogP contribution in [0.25, 0.3) is 10.9 Å². The van der Waals surface area contributed by atoms with E-state index in [0.717, 1.165) is 53.3 Å². The third-order valence-corrected chi connectivity index (χ3v) is 5.17. The number of fused-ring (bicyclic) bond motifs is 2. The first-order valence-electron chi connectivity index (χ1n) is 9.33. The molecule has 6 nitrogen and oxygen atoms in total. The van der Waals surface area contributed by atoms with Gasteiger partial charge in [0.25, 0.3) is 0 Å². The first-order chi connectivity index (χ1) is 13.8. The van der Waals surface area contributed by atoms with E-state index in [-0.39, 0.29) is 0 Å². The number of pyridine rings is 2. The molecule has 1 aliphatic heterocycles. The zero-order chi connectivity index (χ0) is 18.9. The zero-order valence-corrected chi connectivity index (χ0v) is 15.6. The summed E-state index contributed by atoms with van der Waals surface area (Å²) >= 11 is 0. The molecule has 1 N–H and O–H groups in total. The normalized spacial score (nSPS) is 13.6. The highest BCUT2D eigenvalue weighted by atomic mass is 15.2. The van der Waals surface area contributed by atoms with Crippen LogP contribution in [0.1, 0.15) is 22.4 Å². The number of para-hydroxylation sites is 1. The summed E-state index contributed by atoms with van der Waals surface area (Å²) in [5, 5.41) is 4.55. The van der Waals surface area contributed by atoms with Crippen LogP contribution in [0.5, 0.6) is 0 Å². The number of rotatable bonds is 4. The maximum atomic E-state index is 4.53. The second-order valence-corrected chi connectivity index (χ2v) is 7.14. The van der Waals surface area contributed by atoms with Crippen molar-refractivity contribution in [1.29, 1.82) is 0 Å². The maximum Gasteiger partial charge on any atom is 0.138 e. The van der Waals surface area contributed by atoms with Gasteiger partial charge in [0, 0.05) is 43.0 Å². The molecule has 0 bridgehead atoms. The molecule has 28 heavy (non-hydrogen) atoms. The number of hydrogen-bond acceptors (Lipinski definition) is 6. The molecule has 1 aliphatic rings. The summed E-state index contributed by atoms with van der Waals surface area (Å²) in [6.45, 7) is 4.62. The van der Waals surface area contributed by atoms with Crippen LogP contribution in [-0.2, 0) is 19.6 Å². The largest absolute Gasteiger partial charge is 0.339 e. The van der Waals surface area contributed by atoms with E-state index < -0.39 is 0 Å². The lowest BCUT2D eigenvalue weighted by Gasteiger charge is -2.16. The minimum atomic E-state index is 0.821. The van der Waals surface area contributed by atoms with Crippen molar-refractivity contribution in [1.82, 2.24) is 24.8 Å². The molecule has 4 heterocycles. The van der Waals surface area contributed by atoms with Crippen LogP contribution in [0.3, 0.4) is 0 Å². The maximum absolute atomic E-state index is 4.53. The third-order valence-electron chi connectivity index (χ3n) is 5.17. The Morgan fingerprint density at radius 2 is 1.96 bits per heavy atom. The number of hydrogen-bond donors (Lipinski definition) is 1. The van der Waals surface area contributed by atoms with E-state index in [4.69, 9.17) is 0 Å². The molecule has 3 aromatic heterocycles. The molecule has 4 aromatic rings. The molecule has 0 radical (unpaired) electrons. The number of aromatic nitrogens is 4. The van der Waals surface area contributed by atoms with E-state index in [9.17, 15) is 0 Å². The lowest BCUT2D eigenvalue weighted by molar-refractivity contribution is 0.273. The Bertz CT molecular complexity index is 1160. The summed E-state index contributed by atoms with van der Waals surface area (Å²) in [5.41, 5.74) is 6.66. The fourth-order valence-corrected chi connectivity index (χ4v) is 3.66. The highest BCUT2D eigenvalue weighted by molar-refractivity contribution is 5.82. The van der Waals surface area contributed by atoms with Crippen LogP contribution in [0.15, 0.2) is 61.3 Å². The molecule has 0 saturated carbocycles. The summed E-state index contributed by atoms with van der Waals surface area (Å²) < 4.78 is 0. The van der Waals surface area contributed by atoms with E-state index >= 15 is 0 Å². The number of nitrogens with zero attached hydrogens (tertiary/aromatic N) is 5.